The first-order valence-electron chi connectivity index (χ1n) is 12.2. The molecule has 37 heavy (non-hydrogen) atoms. The molecule has 4 aromatic rings. The molecular weight excluding hydrogens is 504 g/mol. The number of thioether (sulfide) groups is 1. The molecule has 0 saturated heterocycles. The molecule has 0 radical (unpaired) electrons. The maximum absolute atomic E-state index is 13.8. The largest absolute Gasteiger partial charge is 0.497 e. The zero-order valence-corrected chi connectivity index (χ0v) is 22.7. The molecule has 1 amide bonds. The Morgan fingerprint density at radius 1 is 1.19 bits per heavy atom. The number of aryl methyl sites for hydroxylation is 3. The highest BCUT2D eigenvalue weighted by atomic mass is 32.2. The summed E-state index contributed by atoms with van der Waals surface area (Å²) in [5.41, 5.74) is 7.08. The first-order valence-corrected chi connectivity index (χ1v) is 14.0. The van der Waals surface area contributed by atoms with Crippen LogP contribution >= 0.6 is 23.1 Å². The summed E-state index contributed by atoms with van der Waals surface area (Å²) in [5.74, 6) is 0.520. The van der Waals surface area contributed by atoms with Crippen LogP contribution in [0.2, 0.25) is 0 Å². The molecule has 7 nitrogen and oxygen atoms in total. The molecule has 2 heterocycles. The van der Waals surface area contributed by atoms with Gasteiger partial charge in [0.25, 0.3) is 11.5 Å². The predicted octanol–water partition coefficient (Wildman–Crippen LogP) is 5.28. The van der Waals surface area contributed by atoms with Gasteiger partial charge < -0.3 is 4.74 Å². The van der Waals surface area contributed by atoms with Crippen molar-refractivity contribution >= 4 is 44.9 Å². The zero-order valence-electron chi connectivity index (χ0n) is 21.0. The Hall–Kier alpha value is -3.43. The van der Waals surface area contributed by atoms with Gasteiger partial charge in [-0.25, -0.2) is 10.4 Å². The molecule has 1 aliphatic carbocycles. The maximum atomic E-state index is 13.8. The van der Waals surface area contributed by atoms with Crippen LogP contribution in [0.4, 0.5) is 0 Å². The van der Waals surface area contributed by atoms with Gasteiger partial charge in [0, 0.05) is 10.4 Å². The van der Waals surface area contributed by atoms with E-state index in [1.165, 1.54) is 16.6 Å². The Labute approximate surface area is 223 Å². The SMILES string of the molecule is COc1cccc(/C(C)=N/NC(=O)CSc2nc3sc4c(c3c(=O)n2-c2ccc(C)cc2)CCCC4)c1. The second-order valence-corrected chi connectivity index (χ2v) is 11.0. The summed E-state index contributed by atoms with van der Waals surface area (Å²) in [6.07, 6.45) is 4.15. The Morgan fingerprint density at radius 2 is 1.97 bits per heavy atom. The quantitative estimate of drug-likeness (QED) is 0.152. The van der Waals surface area contributed by atoms with Gasteiger partial charge >= 0.3 is 0 Å². The molecular formula is C28H28N4O3S2. The summed E-state index contributed by atoms with van der Waals surface area (Å²) in [7, 11) is 1.61. The third kappa shape index (κ3) is 5.33. The smallest absolute Gasteiger partial charge is 0.267 e. The second kappa shape index (κ2) is 10.9. The number of amides is 1. The van der Waals surface area contributed by atoms with E-state index in [1.807, 2.05) is 62.4 Å². The Balaban J connectivity index is 1.42. The number of benzene rings is 2. The van der Waals surface area contributed by atoms with Crippen LogP contribution < -0.4 is 15.7 Å². The fraction of sp³-hybridized carbons (Fsp3) is 0.286. The number of nitrogens with zero attached hydrogens (tertiary/aromatic N) is 3. The number of rotatable bonds is 7. The number of hydrazone groups is 1. The maximum Gasteiger partial charge on any atom is 0.267 e. The molecule has 0 fully saturated rings. The lowest BCUT2D eigenvalue weighted by Gasteiger charge is -2.13. The lowest BCUT2D eigenvalue weighted by molar-refractivity contribution is -0.118. The summed E-state index contributed by atoms with van der Waals surface area (Å²) in [6.45, 7) is 3.84. The second-order valence-electron chi connectivity index (χ2n) is 9.01. The lowest BCUT2D eigenvalue weighted by atomic mass is 9.97. The monoisotopic (exact) mass is 532 g/mol. The van der Waals surface area contributed by atoms with E-state index in [9.17, 15) is 9.59 Å². The number of methoxy groups -OCH3 is 1. The van der Waals surface area contributed by atoms with Crippen molar-refractivity contribution in [3.63, 3.8) is 0 Å². The third-order valence-corrected chi connectivity index (χ3v) is 8.54. The molecule has 0 bridgehead atoms. The highest BCUT2D eigenvalue weighted by Gasteiger charge is 2.23. The molecule has 5 rings (SSSR count). The van der Waals surface area contributed by atoms with Crippen molar-refractivity contribution in [1.82, 2.24) is 15.0 Å². The van der Waals surface area contributed by atoms with Crippen molar-refractivity contribution in [2.75, 3.05) is 12.9 Å². The molecule has 0 spiro atoms. The van der Waals surface area contributed by atoms with Crippen LogP contribution in [0.25, 0.3) is 15.9 Å². The van der Waals surface area contributed by atoms with Gasteiger partial charge in [-0.15, -0.1) is 11.3 Å². The normalized spacial score (nSPS) is 13.4. The van der Waals surface area contributed by atoms with E-state index in [4.69, 9.17) is 9.72 Å². The number of nitrogens with one attached hydrogen (secondary N) is 1. The molecule has 0 unspecified atom stereocenters. The minimum absolute atomic E-state index is 0.0666. The number of carbonyl (C=O) groups is 1. The molecule has 1 aliphatic rings. The van der Waals surface area contributed by atoms with Crippen molar-refractivity contribution in [2.24, 2.45) is 5.10 Å². The lowest BCUT2D eigenvalue weighted by Crippen LogP contribution is -2.24. The minimum atomic E-state index is -0.275. The average Bonchev–Trinajstić information content (AvgIpc) is 3.30. The first kappa shape index (κ1) is 25.2. The minimum Gasteiger partial charge on any atom is -0.497 e. The molecule has 1 N–H and O–H groups in total. The highest BCUT2D eigenvalue weighted by molar-refractivity contribution is 7.99. The van der Waals surface area contributed by atoms with Gasteiger partial charge in [-0.3, -0.25) is 14.2 Å². The molecule has 2 aromatic carbocycles. The van der Waals surface area contributed by atoms with Crippen LogP contribution in [0, 0.1) is 6.92 Å². The van der Waals surface area contributed by atoms with Gasteiger partial charge in [0.15, 0.2) is 5.16 Å². The van der Waals surface area contributed by atoms with E-state index in [0.717, 1.165) is 64.0 Å². The topological polar surface area (TPSA) is 85.6 Å². The van der Waals surface area contributed by atoms with Crippen LogP contribution in [0.15, 0.2) is 63.6 Å². The fourth-order valence-electron chi connectivity index (χ4n) is 4.43. The van der Waals surface area contributed by atoms with E-state index >= 15 is 0 Å². The molecule has 0 atom stereocenters. The van der Waals surface area contributed by atoms with Gasteiger partial charge in [0.05, 0.1) is 29.6 Å². The van der Waals surface area contributed by atoms with E-state index in [-0.39, 0.29) is 17.2 Å². The number of fused-ring (bicyclic) bond motifs is 3. The molecule has 0 aliphatic heterocycles. The van der Waals surface area contributed by atoms with Crippen LogP contribution in [0.3, 0.4) is 0 Å². The Bertz CT molecular complexity index is 1550. The van der Waals surface area contributed by atoms with Crippen molar-refractivity contribution in [3.8, 4) is 11.4 Å². The Morgan fingerprint density at radius 3 is 2.76 bits per heavy atom. The number of aromatic nitrogens is 2. The van der Waals surface area contributed by atoms with E-state index in [2.05, 4.69) is 10.5 Å². The number of carbonyl (C=O) groups excluding carboxylic acids is 1. The van der Waals surface area contributed by atoms with Crippen LogP contribution in [0.1, 0.15) is 41.3 Å². The molecule has 190 valence electrons. The van der Waals surface area contributed by atoms with Gasteiger partial charge in [-0.05, 0) is 69.4 Å². The molecule has 0 saturated carbocycles. The van der Waals surface area contributed by atoms with Gasteiger partial charge in [-0.1, -0.05) is 41.6 Å². The summed E-state index contributed by atoms with van der Waals surface area (Å²) in [6, 6.07) is 15.3. The van der Waals surface area contributed by atoms with Crippen molar-refractivity contribution in [1.29, 1.82) is 0 Å². The number of thiophene rings is 1. The summed E-state index contributed by atoms with van der Waals surface area (Å²) in [5, 5.41) is 5.48. The van der Waals surface area contributed by atoms with Crippen LogP contribution in [-0.2, 0) is 17.6 Å². The zero-order chi connectivity index (χ0) is 25.9. The van der Waals surface area contributed by atoms with Crippen molar-refractivity contribution < 1.29 is 9.53 Å². The van der Waals surface area contributed by atoms with Crippen LogP contribution in [-0.4, -0.2) is 34.0 Å². The number of hydrogen-bond acceptors (Lipinski definition) is 7. The van der Waals surface area contributed by atoms with E-state index in [0.29, 0.717) is 10.9 Å². The van der Waals surface area contributed by atoms with Crippen molar-refractivity contribution in [2.45, 2.75) is 44.7 Å². The molecule has 9 heteroatoms. The molecule has 2 aromatic heterocycles. The van der Waals surface area contributed by atoms with E-state index in [1.54, 1.807) is 23.0 Å². The summed E-state index contributed by atoms with van der Waals surface area (Å²) < 4.78 is 6.90. The van der Waals surface area contributed by atoms with Crippen LogP contribution in [0.5, 0.6) is 5.75 Å². The predicted molar refractivity (Wildman–Crippen MR) is 151 cm³/mol. The number of ether oxygens (including phenoxy) is 1. The Kier molecular flexibility index (Phi) is 7.43. The highest BCUT2D eigenvalue weighted by Crippen LogP contribution is 2.35. The fourth-order valence-corrected chi connectivity index (χ4v) is 6.53. The van der Waals surface area contributed by atoms with Gasteiger partial charge in [-0.2, -0.15) is 5.10 Å². The average molecular weight is 533 g/mol. The van der Waals surface area contributed by atoms with Crippen molar-refractivity contribution in [3.05, 3.63) is 80.5 Å². The standard InChI is InChI=1S/C28H28N4O3S2/c1-17-11-13-20(14-12-17)32-27(34)25-22-9-4-5-10-23(22)37-26(25)29-28(32)36-16-24(33)31-30-18(2)19-7-6-8-21(15-19)35-3/h6-8,11-15H,4-5,9-10,16H2,1-3H3,(H,31,33)/b30-18+. The van der Waals surface area contributed by atoms with E-state index < -0.39 is 0 Å². The van der Waals surface area contributed by atoms with Gasteiger partial charge in [0.2, 0.25) is 0 Å². The number of hydrogen-bond donors (Lipinski definition) is 1. The first-order chi connectivity index (χ1) is 17.9. The van der Waals surface area contributed by atoms with Gasteiger partial charge in [0.1, 0.15) is 10.6 Å². The summed E-state index contributed by atoms with van der Waals surface area (Å²) >= 11 is 2.85. The summed E-state index contributed by atoms with van der Waals surface area (Å²) in [4.78, 5) is 33.4. The third-order valence-electron chi connectivity index (χ3n) is 6.42.